The van der Waals surface area contributed by atoms with E-state index < -0.39 is 5.41 Å². The summed E-state index contributed by atoms with van der Waals surface area (Å²) in [5.41, 5.74) is 2.51. The van der Waals surface area contributed by atoms with E-state index in [0.717, 1.165) is 21.2 Å². The molecule has 0 radical (unpaired) electrons. The average Bonchev–Trinajstić information content (AvgIpc) is 2.81. The number of ether oxygens (including phenoxy) is 1. The van der Waals surface area contributed by atoms with Crippen LogP contribution in [0.5, 0.6) is 0 Å². The summed E-state index contributed by atoms with van der Waals surface area (Å²) < 4.78 is 8.21. The van der Waals surface area contributed by atoms with Crippen LogP contribution >= 0.6 is 15.9 Å². The van der Waals surface area contributed by atoms with Crippen LogP contribution in [0, 0.1) is 0 Å². The number of benzene rings is 2. The van der Waals surface area contributed by atoms with Gasteiger partial charge < -0.3 is 14.6 Å². The van der Waals surface area contributed by atoms with Gasteiger partial charge in [-0.25, -0.2) is 0 Å². The topological polar surface area (TPSA) is 60.3 Å². The van der Waals surface area contributed by atoms with E-state index in [0.29, 0.717) is 39.1 Å². The molecule has 1 aliphatic heterocycles. The number of rotatable bonds is 6. The fraction of sp³-hybridized carbons (Fsp3) is 0.280. The zero-order valence-electron chi connectivity index (χ0n) is 17.2. The lowest BCUT2D eigenvalue weighted by molar-refractivity contribution is -0.130. The second-order valence-corrected chi connectivity index (χ2v) is 8.78. The summed E-state index contributed by atoms with van der Waals surface area (Å²) in [6.45, 7) is 2.15. The Morgan fingerprint density at radius 2 is 1.65 bits per heavy atom. The molecule has 2 aromatic carbocycles. The first-order valence-corrected chi connectivity index (χ1v) is 11.2. The summed E-state index contributed by atoms with van der Waals surface area (Å²) in [6.07, 6.45) is 3.13. The molecule has 31 heavy (non-hydrogen) atoms. The molecule has 1 aromatic heterocycles. The lowest BCUT2D eigenvalue weighted by Crippen LogP contribution is -2.47. The molecule has 1 amide bonds. The van der Waals surface area contributed by atoms with Crippen molar-refractivity contribution in [3.63, 3.8) is 0 Å². The molecule has 2 heterocycles. The summed E-state index contributed by atoms with van der Waals surface area (Å²) in [5.74, 6) is 0.0398. The summed E-state index contributed by atoms with van der Waals surface area (Å²) in [5, 5.41) is 3.14. The van der Waals surface area contributed by atoms with E-state index in [1.54, 1.807) is 22.9 Å². The maximum atomic E-state index is 13.3. The SMILES string of the molecule is O=C(NCc1ccc(Cn2ccccc2=O)cc1)C1(c2ccc(Br)cc2)CCOCC1. The molecular formula is C25H25BrN2O3. The summed E-state index contributed by atoms with van der Waals surface area (Å²) in [6, 6.07) is 21.2. The predicted molar refractivity (Wildman–Crippen MR) is 124 cm³/mol. The molecule has 0 unspecified atom stereocenters. The smallest absolute Gasteiger partial charge is 0.250 e. The second kappa shape index (κ2) is 9.62. The molecule has 160 valence electrons. The minimum Gasteiger partial charge on any atom is -0.381 e. The lowest BCUT2D eigenvalue weighted by Gasteiger charge is -2.36. The summed E-state index contributed by atoms with van der Waals surface area (Å²) in [7, 11) is 0. The molecule has 3 aromatic rings. The molecule has 0 spiro atoms. The van der Waals surface area contributed by atoms with Gasteiger partial charge in [0.1, 0.15) is 0 Å². The number of carbonyl (C=O) groups is 1. The van der Waals surface area contributed by atoms with Gasteiger partial charge in [0.2, 0.25) is 5.91 Å². The minimum absolute atomic E-state index is 0.0199. The van der Waals surface area contributed by atoms with Crippen LogP contribution in [0.25, 0.3) is 0 Å². The van der Waals surface area contributed by atoms with Crippen LogP contribution in [0.15, 0.2) is 82.2 Å². The first kappa shape index (κ1) is 21.5. The highest BCUT2D eigenvalue weighted by Crippen LogP contribution is 2.36. The number of pyridine rings is 1. The van der Waals surface area contributed by atoms with Crippen molar-refractivity contribution >= 4 is 21.8 Å². The van der Waals surface area contributed by atoms with Crippen molar-refractivity contribution in [2.75, 3.05) is 13.2 Å². The van der Waals surface area contributed by atoms with E-state index in [4.69, 9.17) is 4.74 Å². The highest BCUT2D eigenvalue weighted by molar-refractivity contribution is 9.10. The highest BCUT2D eigenvalue weighted by atomic mass is 79.9. The Morgan fingerprint density at radius 1 is 0.968 bits per heavy atom. The average molecular weight is 481 g/mol. The first-order chi connectivity index (χ1) is 15.1. The molecular weight excluding hydrogens is 456 g/mol. The van der Waals surface area contributed by atoms with Gasteiger partial charge in [0.15, 0.2) is 0 Å². The van der Waals surface area contributed by atoms with E-state index in [-0.39, 0.29) is 11.5 Å². The van der Waals surface area contributed by atoms with Crippen LogP contribution in [0.3, 0.4) is 0 Å². The predicted octanol–water partition coefficient (Wildman–Crippen LogP) is 4.02. The molecule has 0 bridgehead atoms. The monoisotopic (exact) mass is 480 g/mol. The van der Waals surface area contributed by atoms with Crippen molar-refractivity contribution in [1.82, 2.24) is 9.88 Å². The normalized spacial score (nSPS) is 15.4. The Bertz CT molecular complexity index is 1080. The highest BCUT2D eigenvalue weighted by Gasteiger charge is 2.41. The number of halogens is 1. The van der Waals surface area contributed by atoms with E-state index in [1.807, 2.05) is 54.6 Å². The molecule has 0 aliphatic carbocycles. The molecule has 1 N–H and O–H groups in total. The van der Waals surface area contributed by atoms with Crippen molar-refractivity contribution in [1.29, 1.82) is 0 Å². The maximum absolute atomic E-state index is 13.3. The van der Waals surface area contributed by atoms with Crippen molar-refractivity contribution in [3.05, 3.63) is 104 Å². The van der Waals surface area contributed by atoms with E-state index >= 15 is 0 Å². The number of amides is 1. The number of nitrogens with one attached hydrogen (secondary N) is 1. The molecule has 1 aliphatic rings. The van der Waals surface area contributed by atoms with Crippen LogP contribution in [0.1, 0.15) is 29.5 Å². The van der Waals surface area contributed by atoms with Gasteiger partial charge >= 0.3 is 0 Å². The van der Waals surface area contributed by atoms with Crippen LogP contribution < -0.4 is 10.9 Å². The van der Waals surface area contributed by atoms with Gasteiger partial charge in [0, 0.05) is 36.5 Å². The van der Waals surface area contributed by atoms with E-state index in [1.165, 1.54) is 0 Å². The third-order valence-electron chi connectivity index (χ3n) is 5.91. The summed E-state index contributed by atoms with van der Waals surface area (Å²) >= 11 is 3.47. The summed E-state index contributed by atoms with van der Waals surface area (Å²) in [4.78, 5) is 25.2. The molecule has 1 fully saturated rings. The number of hydrogen-bond donors (Lipinski definition) is 1. The maximum Gasteiger partial charge on any atom is 0.250 e. The van der Waals surface area contributed by atoms with Crippen molar-refractivity contribution in [2.24, 2.45) is 0 Å². The third-order valence-corrected chi connectivity index (χ3v) is 6.43. The molecule has 0 saturated carbocycles. The molecule has 1 saturated heterocycles. The Balaban J connectivity index is 1.43. The van der Waals surface area contributed by atoms with Gasteiger partial charge in [-0.2, -0.15) is 0 Å². The molecule has 0 atom stereocenters. The number of hydrogen-bond acceptors (Lipinski definition) is 3. The second-order valence-electron chi connectivity index (χ2n) is 7.87. The van der Waals surface area contributed by atoms with Crippen molar-refractivity contribution < 1.29 is 9.53 Å². The molecule has 6 heteroatoms. The fourth-order valence-corrected chi connectivity index (χ4v) is 4.30. The number of carbonyl (C=O) groups excluding carboxylic acids is 1. The van der Waals surface area contributed by atoms with Crippen LogP contribution in [-0.2, 0) is 28.0 Å². The lowest BCUT2D eigenvalue weighted by atomic mass is 9.73. The van der Waals surface area contributed by atoms with Crippen LogP contribution in [-0.4, -0.2) is 23.7 Å². The van der Waals surface area contributed by atoms with Gasteiger partial charge in [-0.1, -0.05) is 58.4 Å². The minimum atomic E-state index is -0.562. The van der Waals surface area contributed by atoms with Gasteiger partial charge in [0.05, 0.1) is 12.0 Å². The first-order valence-electron chi connectivity index (χ1n) is 10.4. The molecule has 5 nitrogen and oxygen atoms in total. The zero-order chi connectivity index (χ0) is 21.7. The van der Waals surface area contributed by atoms with Gasteiger partial charge in [-0.05, 0) is 47.7 Å². The largest absolute Gasteiger partial charge is 0.381 e. The quantitative estimate of drug-likeness (QED) is 0.579. The van der Waals surface area contributed by atoms with Crippen molar-refractivity contribution in [3.8, 4) is 0 Å². The van der Waals surface area contributed by atoms with Crippen LogP contribution in [0.2, 0.25) is 0 Å². The Morgan fingerprint density at radius 3 is 2.32 bits per heavy atom. The Labute approximate surface area is 190 Å². The Kier molecular flexibility index (Phi) is 6.68. The van der Waals surface area contributed by atoms with E-state index in [9.17, 15) is 9.59 Å². The van der Waals surface area contributed by atoms with Gasteiger partial charge in [-0.3, -0.25) is 9.59 Å². The van der Waals surface area contributed by atoms with Crippen LogP contribution in [0.4, 0.5) is 0 Å². The Hall–Kier alpha value is -2.70. The van der Waals surface area contributed by atoms with E-state index in [2.05, 4.69) is 21.2 Å². The fourth-order valence-electron chi connectivity index (χ4n) is 4.04. The third kappa shape index (κ3) is 4.97. The van der Waals surface area contributed by atoms with Gasteiger partial charge in [-0.15, -0.1) is 0 Å². The number of aromatic nitrogens is 1. The number of nitrogens with zero attached hydrogens (tertiary/aromatic N) is 1. The standard InChI is InChI=1S/C25H25BrN2O3/c26-22-10-8-21(9-11-22)25(12-15-31-16-13-25)24(30)27-17-19-4-6-20(7-5-19)18-28-14-2-1-3-23(28)29/h1-11,14H,12-13,15-18H2,(H,27,30). The zero-order valence-corrected chi connectivity index (χ0v) is 18.8. The van der Waals surface area contributed by atoms with Crippen molar-refractivity contribution in [2.45, 2.75) is 31.3 Å². The van der Waals surface area contributed by atoms with Gasteiger partial charge in [0.25, 0.3) is 5.56 Å². The molecule has 4 rings (SSSR count).